The molecule has 5 heteroatoms. The van der Waals surface area contributed by atoms with Gasteiger partial charge in [-0.1, -0.05) is 42.5 Å². The minimum Gasteiger partial charge on any atom is -0.382 e. The number of anilines is 1. The lowest BCUT2D eigenvalue weighted by atomic mass is 10.2. The van der Waals surface area contributed by atoms with Crippen LogP contribution in [0.25, 0.3) is 6.08 Å². The Morgan fingerprint density at radius 2 is 1.65 bits per heavy atom. The number of benzene rings is 2. The molecule has 0 aromatic heterocycles. The zero-order valence-electron chi connectivity index (χ0n) is 10.9. The van der Waals surface area contributed by atoms with Crippen molar-refractivity contribution in [3.05, 3.63) is 66.2 Å². The fourth-order valence-corrected chi connectivity index (χ4v) is 2.21. The van der Waals surface area contributed by atoms with E-state index < -0.39 is 10.0 Å². The van der Waals surface area contributed by atoms with Gasteiger partial charge < -0.3 is 5.32 Å². The van der Waals surface area contributed by atoms with Crippen LogP contribution >= 0.6 is 0 Å². The monoisotopic (exact) mass is 288 g/mol. The van der Waals surface area contributed by atoms with Crippen LogP contribution in [-0.4, -0.2) is 15.0 Å². The maximum atomic E-state index is 11.1. The Kier molecular flexibility index (Phi) is 4.55. The third-order valence-electron chi connectivity index (χ3n) is 2.72. The lowest BCUT2D eigenvalue weighted by molar-refractivity contribution is 0.598. The summed E-state index contributed by atoms with van der Waals surface area (Å²) in [4.78, 5) is 0.114. The molecule has 0 amide bonds. The lowest BCUT2D eigenvalue weighted by Crippen LogP contribution is -2.12. The van der Waals surface area contributed by atoms with Crippen molar-refractivity contribution in [2.24, 2.45) is 5.14 Å². The molecule has 104 valence electrons. The third-order valence-corrected chi connectivity index (χ3v) is 3.65. The van der Waals surface area contributed by atoms with E-state index in [0.717, 1.165) is 11.3 Å². The summed E-state index contributed by atoms with van der Waals surface area (Å²) in [5.74, 6) is 0. The molecule has 20 heavy (non-hydrogen) atoms. The molecule has 0 bridgehead atoms. The van der Waals surface area contributed by atoms with Crippen molar-refractivity contribution in [2.75, 3.05) is 11.9 Å². The van der Waals surface area contributed by atoms with Gasteiger partial charge in [0.15, 0.2) is 0 Å². The molecule has 0 heterocycles. The van der Waals surface area contributed by atoms with Crippen LogP contribution in [-0.2, 0) is 10.0 Å². The van der Waals surface area contributed by atoms with Crippen molar-refractivity contribution in [3.8, 4) is 0 Å². The highest BCUT2D eigenvalue weighted by Gasteiger charge is 2.05. The van der Waals surface area contributed by atoms with Gasteiger partial charge in [-0.05, 0) is 29.8 Å². The van der Waals surface area contributed by atoms with Crippen molar-refractivity contribution < 1.29 is 8.42 Å². The molecule has 0 saturated carbocycles. The first-order valence-corrected chi connectivity index (χ1v) is 7.69. The molecule has 3 N–H and O–H groups in total. The molecule has 4 nitrogen and oxygen atoms in total. The van der Waals surface area contributed by atoms with Gasteiger partial charge in [0, 0.05) is 12.2 Å². The minimum atomic E-state index is -3.62. The summed E-state index contributed by atoms with van der Waals surface area (Å²) in [6.45, 7) is 0.656. The summed E-state index contributed by atoms with van der Waals surface area (Å²) in [7, 11) is -3.62. The van der Waals surface area contributed by atoms with Gasteiger partial charge in [-0.25, -0.2) is 13.6 Å². The van der Waals surface area contributed by atoms with Crippen LogP contribution in [0.15, 0.2) is 65.6 Å². The maximum Gasteiger partial charge on any atom is 0.238 e. The third kappa shape index (κ3) is 4.22. The van der Waals surface area contributed by atoms with Crippen LogP contribution in [0.4, 0.5) is 5.69 Å². The molecule has 0 spiro atoms. The number of hydrogen-bond acceptors (Lipinski definition) is 3. The van der Waals surface area contributed by atoms with E-state index in [4.69, 9.17) is 5.14 Å². The topological polar surface area (TPSA) is 72.2 Å². The molecule has 0 atom stereocenters. The van der Waals surface area contributed by atoms with Gasteiger partial charge in [-0.15, -0.1) is 0 Å². The number of sulfonamides is 1. The van der Waals surface area contributed by atoms with Crippen LogP contribution in [0, 0.1) is 0 Å². The van der Waals surface area contributed by atoms with E-state index in [1.165, 1.54) is 12.1 Å². The highest BCUT2D eigenvalue weighted by molar-refractivity contribution is 7.89. The first-order chi connectivity index (χ1) is 9.55. The molecule has 0 radical (unpaired) electrons. The highest BCUT2D eigenvalue weighted by atomic mass is 32.2. The molecule has 2 aromatic rings. The molecular formula is C15H16N2O2S. The average molecular weight is 288 g/mol. The predicted octanol–water partition coefficient (Wildman–Crippen LogP) is 2.46. The first-order valence-electron chi connectivity index (χ1n) is 6.14. The van der Waals surface area contributed by atoms with Crippen LogP contribution in [0.5, 0.6) is 0 Å². The zero-order valence-corrected chi connectivity index (χ0v) is 11.7. The Morgan fingerprint density at radius 1 is 1.00 bits per heavy atom. The van der Waals surface area contributed by atoms with Crippen molar-refractivity contribution in [2.45, 2.75) is 4.90 Å². The number of hydrogen-bond donors (Lipinski definition) is 2. The maximum absolute atomic E-state index is 11.1. The number of nitrogens with one attached hydrogen (secondary N) is 1. The molecule has 0 saturated heterocycles. The standard InChI is InChI=1S/C15H16N2O2S/c16-20(18,19)15-10-8-14(9-11-15)17-12-4-7-13-5-2-1-3-6-13/h1-11,17H,12H2,(H2,16,18,19)/b7-4+. The normalized spacial score (nSPS) is 11.7. The second-order valence-corrected chi connectivity index (χ2v) is 5.82. The Hall–Kier alpha value is -2.11. The summed E-state index contributed by atoms with van der Waals surface area (Å²) in [5.41, 5.74) is 1.98. The van der Waals surface area contributed by atoms with Gasteiger partial charge in [-0.3, -0.25) is 0 Å². The van der Waals surface area contributed by atoms with Gasteiger partial charge in [0.1, 0.15) is 0 Å². The smallest absolute Gasteiger partial charge is 0.238 e. The van der Waals surface area contributed by atoms with Crippen LogP contribution in [0.2, 0.25) is 0 Å². The quantitative estimate of drug-likeness (QED) is 0.887. The largest absolute Gasteiger partial charge is 0.382 e. The fourth-order valence-electron chi connectivity index (χ4n) is 1.70. The van der Waals surface area contributed by atoms with Gasteiger partial charge in [0.25, 0.3) is 0 Å². The molecule has 0 aliphatic heterocycles. The highest BCUT2D eigenvalue weighted by Crippen LogP contribution is 2.12. The van der Waals surface area contributed by atoms with Crippen molar-refractivity contribution in [1.29, 1.82) is 0 Å². The molecular weight excluding hydrogens is 272 g/mol. The molecule has 0 unspecified atom stereocenters. The lowest BCUT2D eigenvalue weighted by Gasteiger charge is -2.04. The number of primary sulfonamides is 1. The Morgan fingerprint density at radius 3 is 2.25 bits per heavy atom. The summed E-state index contributed by atoms with van der Waals surface area (Å²) in [5, 5.41) is 8.20. The van der Waals surface area contributed by atoms with E-state index in [9.17, 15) is 8.42 Å². The SMILES string of the molecule is NS(=O)(=O)c1ccc(NC/C=C/c2ccccc2)cc1. The van der Waals surface area contributed by atoms with Crippen molar-refractivity contribution in [3.63, 3.8) is 0 Å². The van der Waals surface area contributed by atoms with Gasteiger partial charge in [-0.2, -0.15) is 0 Å². The zero-order chi connectivity index (χ0) is 14.4. The van der Waals surface area contributed by atoms with E-state index in [2.05, 4.69) is 5.32 Å². The summed E-state index contributed by atoms with van der Waals surface area (Å²) in [6.07, 6.45) is 4.02. The number of nitrogens with two attached hydrogens (primary N) is 1. The second-order valence-electron chi connectivity index (χ2n) is 4.26. The van der Waals surface area contributed by atoms with Crippen LogP contribution < -0.4 is 10.5 Å². The van der Waals surface area contributed by atoms with E-state index in [1.54, 1.807) is 12.1 Å². The summed E-state index contributed by atoms with van der Waals surface area (Å²) >= 11 is 0. The minimum absolute atomic E-state index is 0.114. The van der Waals surface area contributed by atoms with E-state index in [-0.39, 0.29) is 4.90 Å². The van der Waals surface area contributed by atoms with Crippen LogP contribution in [0.3, 0.4) is 0 Å². The molecule has 2 aromatic carbocycles. The molecule has 0 aliphatic carbocycles. The Balaban J connectivity index is 1.90. The first kappa shape index (κ1) is 14.3. The number of rotatable bonds is 5. The van der Waals surface area contributed by atoms with E-state index >= 15 is 0 Å². The fraction of sp³-hybridized carbons (Fsp3) is 0.0667. The van der Waals surface area contributed by atoms with Crippen molar-refractivity contribution >= 4 is 21.8 Å². The molecule has 2 rings (SSSR count). The van der Waals surface area contributed by atoms with Crippen LogP contribution in [0.1, 0.15) is 5.56 Å². The average Bonchev–Trinajstić information content (AvgIpc) is 2.44. The van der Waals surface area contributed by atoms with Gasteiger partial charge >= 0.3 is 0 Å². The van der Waals surface area contributed by atoms with Gasteiger partial charge in [0.2, 0.25) is 10.0 Å². The molecule has 0 fully saturated rings. The summed E-state index contributed by atoms with van der Waals surface area (Å²) in [6, 6.07) is 16.3. The Bertz CT molecular complexity index is 678. The molecule has 0 aliphatic rings. The van der Waals surface area contributed by atoms with Gasteiger partial charge in [0.05, 0.1) is 4.90 Å². The van der Waals surface area contributed by atoms with E-state index in [0.29, 0.717) is 6.54 Å². The van der Waals surface area contributed by atoms with E-state index in [1.807, 2.05) is 42.5 Å². The van der Waals surface area contributed by atoms with Crippen molar-refractivity contribution in [1.82, 2.24) is 0 Å². The summed E-state index contributed by atoms with van der Waals surface area (Å²) < 4.78 is 22.2. The second kappa shape index (κ2) is 6.36. The Labute approximate surface area is 119 Å². The predicted molar refractivity (Wildman–Crippen MR) is 81.8 cm³/mol.